The molecule has 0 atom stereocenters. The van der Waals surface area contributed by atoms with E-state index in [-0.39, 0.29) is 0 Å². The average Bonchev–Trinajstić information content (AvgIpc) is 2.65. The molecule has 4 rings (SSSR count). The Kier molecular flexibility index (Phi) is 4.09. The zero-order chi connectivity index (χ0) is 19.2. The van der Waals surface area contributed by atoms with Crippen molar-refractivity contribution in [3.05, 3.63) is 71.9 Å². The SMILES string of the molecule is Cc1ccc2c(-c3cc(C#N)c4ccccc4c3)ncc([Si](C)(C)C)c2c1. The fourth-order valence-electron chi connectivity index (χ4n) is 3.72. The predicted molar refractivity (Wildman–Crippen MR) is 117 cm³/mol. The van der Waals surface area contributed by atoms with Gasteiger partial charge in [0, 0.05) is 17.1 Å². The van der Waals surface area contributed by atoms with Gasteiger partial charge in [0.25, 0.3) is 0 Å². The van der Waals surface area contributed by atoms with Gasteiger partial charge in [-0.3, -0.25) is 4.98 Å². The van der Waals surface area contributed by atoms with Crippen LogP contribution in [-0.2, 0) is 0 Å². The van der Waals surface area contributed by atoms with Gasteiger partial charge >= 0.3 is 0 Å². The van der Waals surface area contributed by atoms with Crippen molar-refractivity contribution in [1.82, 2.24) is 4.98 Å². The summed E-state index contributed by atoms with van der Waals surface area (Å²) in [4.78, 5) is 4.88. The molecule has 1 aromatic heterocycles. The summed E-state index contributed by atoms with van der Waals surface area (Å²) in [6, 6.07) is 21.1. The molecule has 0 N–H and O–H groups in total. The normalized spacial score (nSPS) is 11.7. The van der Waals surface area contributed by atoms with Gasteiger partial charge in [0.2, 0.25) is 0 Å². The Bertz CT molecular complexity index is 1230. The molecule has 0 radical (unpaired) electrons. The van der Waals surface area contributed by atoms with E-state index in [1.165, 1.54) is 21.5 Å². The lowest BCUT2D eigenvalue weighted by Gasteiger charge is -2.20. The molecule has 0 aliphatic carbocycles. The van der Waals surface area contributed by atoms with Gasteiger partial charge in [0.15, 0.2) is 0 Å². The van der Waals surface area contributed by atoms with E-state index >= 15 is 0 Å². The first kappa shape index (κ1) is 17.5. The highest BCUT2D eigenvalue weighted by Crippen LogP contribution is 2.31. The van der Waals surface area contributed by atoms with Crippen LogP contribution in [0.15, 0.2) is 60.8 Å². The standard InChI is InChI=1S/C24H22N2Si/c1-16-9-10-21-22(11-16)23(27(2,3)4)15-26-24(21)18-12-17-7-5-6-8-20(17)19(13-18)14-25/h5-13,15H,1-4H3. The van der Waals surface area contributed by atoms with Crippen molar-refractivity contribution >= 4 is 34.8 Å². The molecule has 0 amide bonds. The van der Waals surface area contributed by atoms with E-state index in [0.717, 1.165) is 22.0 Å². The molecular weight excluding hydrogens is 344 g/mol. The Labute approximate surface area is 161 Å². The predicted octanol–water partition coefficient (Wildman–Crippen LogP) is 5.78. The van der Waals surface area contributed by atoms with Crippen molar-refractivity contribution in [1.29, 1.82) is 5.26 Å². The van der Waals surface area contributed by atoms with E-state index < -0.39 is 8.07 Å². The summed E-state index contributed by atoms with van der Waals surface area (Å²) in [5, 5.41) is 15.5. The third kappa shape index (κ3) is 3.03. The quantitative estimate of drug-likeness (QED) is 0.422. The zero-order valence-corrected chi connectivity index (χ0v) is 17.2. The van der Waals surface area contributed by atoms with Crippen LogP contribution in [0.1, 0.15) is 11.1 Å². The average molecular weight is 367 g/mol. The number of hydrogen-bond donors (Lipinski definition) is 0. The number of pyridine rings is 1. The highest BCUT2D eigenvalue weighted by atomic mass is 28.3. The molecule has 2 nitrogen and oxygen atoms in total. The minimum atomic E-state index is -1.52. The molecule has 0 fully saturated rings. The zero-order valence-electron chi connectivity index (χ0n) is 16.2. The molecule has 3 heteroatoms. The first-order chi connectivity index (χ1) is 12.9. The minimum absolute atomic E-state index is 0.694. The van der Waals surface area contributed by atoms with Gasteiger partial charge in [0.1, 0.15) is 0 Å². The van der Waals surface area contributed by atoms with E-state index in [2.05, 4.69) is 69.2 Å². The largest absolute Gasteiger partial charge is 0.256 e. The van der Waals surface area contributed by atoms with E-state index in [1.807, 2.05) is 24.3 Å². The number of rotatable bonds is 2. The second kappa shape index (κ2) is 6.33. The summed E-state index contributed by atoms with van der Waals surface area (Å²) in [5.74, 6) is 0. The number of aryl methyl sites for hydroxylation is 1. The molecule has 0 spiro atoms. The van der Waals surface area contributed by atoms with Crippen LogP contribution in [0.25, 0.3) is 32.8 Å². The summed E-state index contributed by atoms with van der Waals surface area (Å²) in [6.45, 7) is 9.21. The lowest BCUT2D eigenvalue weighted by molar-refractivity contribution is 1.36. The Morgan fingerprint density at radius 2 is 1.67 bits per heavy atom. The smallest absolute Gasteiger partial charge is 0.0998 e. The fraction of sp³-hybridized carbons (Fsp3) is 0.167. The lowest BCUT2D eigenvalue weighted by Crippen LogP contribution is -2.38. The van der Waals surface area contributed by atoms with Gasteiger partial charge in [0.05, 0.1) is 25.4 Å². The van der Waals surface area contributed by atoms with Crippen LogP contribution in [0.5, 0.6) is 0 Å². The maximum Gasteiger partial charge on any atom is 0.0998 e. The summed E-state index contributed by atoms with van der Waals surface area (Å²) < 4.78 is 0. The van der Waals surface area contributed by atoms with Crippen LogP contribution < -0.4 is 5.19 Å². The van der Waals surface area contributed by atoms with E-state index in [1.54, 1.807) is 0 Å². The number of nitrogens with zero attached hydrogens (tertiary/aromatic N) is 2. The summed E-state index contributed by atoms with van der Waals surface area (Å²) in [5.41, 5.74) is 3.91. The molecule has 4 aromatic rings. The van der Waals surface area contributed by atoms with Crippen molar-refractivity contribution < 1.29 is 0 Å². The molecule has 0 bridgehead atoms. The van der Waals surface area contributed by atoms with Gasteiger partial charge in [-0.15, -0.1) is 0 Å². The van der Waals surface area contributed by atoms with Crippen LogP contribution in [0, 0.1) is 18.3 Å². The second-order valence-electron chi connectivity index (χ2n) is 8.18. The van der Waals surface area contributed by atoms with Gasteiger partial charge in [-0.2, -0.15) is 5.26 Å². The lowest BCUT2D eigenvalue weighted by atomic mass is 9.97. The van der Waals surface area contributed by atoms with Gasteiger partial charge < -0.3 is 0 Å². The Balaban J connectivity index is 2.06. The highest BCUT2D eigenvalue weighted by Gasteiger charge is 2.21. The van der Waals surface area contributed by atoms with Crippen LogP contribution in [0.4, 0.5) is 0 Å². The molecule has 0 aliphatic rings. The van der Waals surface area contributed by atoms with Crippen molar-refractivity contribution in [2.75, 3.05) is 0 Å². The molecule has 27 heavy (non-hydrogen) atoms. The molecule has 3 aromatic carbocycles. The van der Waals surface area contributed by atoms with Crippen LogP contribution in [0.2, 0.25) is 19.6 Å². The summed E-state index contributed by atoms with van der Waals surface area (Å²) in [6.07, 6.45) is 2.06. The number of aromatic nitrogens is 1. The fourth-order valence-corrected chi connectivity index (χ4v) is 5.19. The molecular formula is C24H22N2Si. The number of nitriles is 1. The molecule has 1 heterocycles. The van der Waals surface area contributed by atoms with Crippen LogP contribution in [-0.4, -0.2) is 13.1 Å². The molecule has 0 aliphatic heterocycles. The van der Waals surface area contributed by atoms with E-state index in [4.69, 9.17) is 4.98 Å². The minimum Gasteiger partial charge on any atom is -0.256 e. The number of benzene rings is 3. The van der Waals surface area contributed by atoms with Crippen molar-refractivity contribution in [2.45, 2.75) is 26.6 Å². The molecule has 0 unspecified atom stereocenters. The highest BCUT2D eigenvalue weighted by molar-refractivity contribution is 6.90. The van der Waals surface area contributed by atoms with Crippen molar-refractivity contribution in [3.63, 3.8) is 0 Å². The molecule has 0 saturated heterocycles. The maximum atomic E-state index is 9.64. The third-order valence-electron chi connectivity index (χ3n) is 5.11. The first-order valence-electron chi connectivity index (χ1n) is 9.21. The van der Waals surface area contributed by atoms with E-state index in [0.29, 0.717) is 5.56 Å². The maximum absolute atomic E-state index is 9.64. The topological polar surface area (TPSA) is 36.7 Å². The number of fused-ring (bicyclic) bond motifs is 2. The van der Waals surface area contributed by atoms with Gasteiger partial charge in [-0.05, 0) is 40.4 Å². The molecule has 0 saturated carbocycles. The third-order valence-corrected chi connectivity index (χ3v) is 7.12. The Hall–Kier alpha value is -2.96. The summed E-state index contributed by atoms with van der Waals surface area (Å²) in [7, 11) is -1.52. The van der Waals surface area contributed by atoms with Gasteiger partial charge in [-0.1, -0.05) is 67.7 Å². The second-order valence-corrected chi connectivity index (χ2v) is 13.2. The Morgan fingerprint density at radius 1 is 0.889 bits per heavy atom. The van der Waals surface area contributed by atoms with Gasteiger partial charge in [-0.25, -0.2) is 0 Å². The van der Waals surface area contributed by atoms with Crippen molar-refractivity contribution in [2.24, 2.45) is 0 Å². The van der Waals surface area contributed by atoms with E-state index in [9.17, 15) is 5.26 Å². The summed E-state index contributed by atoms with van der Waals surface area (Å²) >= 11 is 0. The van der Waals surface area contributed by atoms with Crippen molar-refractivity contribution in [3.8, 4) is 17.3 Å². The molecule has 132 valence electrons. The van der Waals surface area contributed by atoms with Crippen LogP contribution in [0.3, 0.4) is 0 Å². The monoisotopic (exact) mass is 366 g/mol. The Morgan fingerprint density at radius 3 is 2.41 bits per heavy atom. The number of hydrogen-bond acceptors (Lipinski definition) is 2. The van der Waals surface area contributed by atoms with Crippen LogP contribution >= 0.6 is 0 Å². The first-order valence-corrected chi connectivity index (χ1v) is 12.7.